The van der Waals surface area contributed by atoms with Crippen LogP contribution in [0.25, 0.3) is 11.3 Å². The number of carbonyl (C=O) groups is 1. The maximum absolute atomic E-state index is 13.3. The highest BCUT2D eigenvalue weighted by Crippen LogP contribution is 2.32. The molecule has 2 N–H and O–H groups in total. The minimum absolute atomic E-state index is 0.0846. The third-order valence-corrected chi connectivity index (χ3v) is 5.83. The molecule has 0 bridgehead atoms. The summed E-state index contributed by atoms with van der Waals surface area (Å²) in [5, 5.41) is 9.93. The Kier molecular flexibility index (Phi) is 7.76. The quantitative estimate of drug-likeness (QED) is 0.500. The molecule has 9 heteroatoms. The summed E-state index contributed by atoms with van der Waals surface area (Å²) >= 11 is 0. The number of morpholine rings is 1. The zero-order valence-corrected chi connectivity index (χ0v) is 19.3. The second kappa shape index (κ2) is 11.1. The molecule has 1 unspecified atom stereocenters. The van der Waals surface area contributed by atoms with Gasteiger partial charge in [-0.2, -0.15) is 5.10 Å². The van der Waals surface area contributed by atoms with Crippen molar-refractivity contribution in [2.24, 2.45) is 0 Å². The van der Waals surface area contributed by atoms with E-state index in [4.69, 9.17) is 14.2 Å². The Morgan fingerprint density at radius 2 is 1.97 bits per heavy atom. The van der Waals surface area contributed by atoms with Crippen molar-refractivity contribution in [3.8, 4) is 22.8 Å². The van der Waals surface area contributed by atoms with Crippen molar-refractivity contribution in [1.82, 2.24) is 20.4 Å². The smallest absolute Gasteiger partial charge is 0.255 e. The first-order valence-corrected chi connectivity index (χ1v) is 11.3. The molecule has 1 fully saturated rings. The SMILES string of the molecule is CCOc1ccc(C(CNC(=O)c2cn[nH]c2-c2ccc(F)cc2)N2CCOCC2)cc1OC. The molecular formula is C25H29FN4O4. The van der Waals surface area contributed by atoms with Crippen LogP contribution in [-0.4, -0.2) is 67.6 Å². The second-order valence-corrected chi connectivity index (χ2v) is 7.88. The highest BCUT2D eigenvalue weighted by molar-refractivity contribution is 5.99. The molecule has 1 atom stereocenters. The molecule has 3 aromatic rings. The van der Waals surface area contributed by atoms with Crippen molar-refractivity contribution >= 4 is 5.91 Å². The van der Waals surface area contributed by atoms with Crippen LogP contribution in [0.1, 0.15) is 28.9 Å². The van der Waals surface area contributed by atoms with Crippen molar-refractivity contribution in [3.63, 3.8) is 0 Å². The number of amides is 1. The number of hydrogen-bond donors (Lipinski definition) is 2. The van der Waals surface area contributed by atoms with Gasteiger partial charge >= 0.3 is 0 Å². The summed E-state index contributed by atoms with van der Waals surface area (Å²) in [4.78, 5) is 15.4. The molecule has 4 rings (SSSR count). The number of benzene rings is 2. The summed E-state index contributed by atoms with van der Waals surface area (Å²) in [6, 6.07) is 11.7. The molecule has 2 aromatic carbocycles. The first-order valence-electron chi connectivity index (χ1n) is 11.3. The Hall–Kier alpha value is -3.43. The van der Waals surface area contributed by atoms with Gasteiger partial charge in [-0.3, -0.25) is 14.8 Å². The molecular weight excluding hydrogens is 439 g/mol. The van der Waals surface area contributed by atoms with Gasteiger partial charge in [0.1, 0.15) is 5.82 Å². The third-order valence-electron chi connectivity index (χ3n) is 5.83. The first kappa shape index (κ1) is 23.7. The van der Waals surface area contributed by atoms with Crippen LogP contribution < -0.4 is 14.8 Å². The monoisotopic (exact) mass is 468 g/mol. The first-order chi connectivity index (χ1) is 16.6. The van der Waals surface area contributed by atoms with Gasteiger partial charge in [-0.05, 0) is 48.9 Å². The largest absolute Gasteiger partial charge is 0.493 e. The molecule has 0 aliphatic carbocycles. The number of carbonyl (C=O) groups excluding carboxylic acids is 1. The lowest BCUT2D eigenvalue weighted by Gasteiger charge is -2.35. The summed E-state index contributed by atoms with van der Waals surface area (Å²) in [6.45, 7) is 5.62. The van der Waals surface area contributed by atoms with E-state index < -0.39 is 0 Å². The Labute approximate surface area is 198 Å². The Bertz CT molecular complexity index is 1100. The normalized spacial score (nSPS) is 15.0. The van der Waals surface area contributed by atoms with Crippen LogP contribution >= 0.6 is 0 Å². The Morgan fingerprint density at radius 1 is 1.21 bits per heavy atom. The molecule has 1 aliphatic heterocycles. The van der Waals surface area contributed by atoms with E-state index in [-0.39, 0.29) is 17.8 Å². The number of aromatic amines is 1. The molecule has 0 spiro atoms. The van der Waals surface area contributed by atoms with Crippen LogP contribution in [0.5, 0.6) is 11.5 Å². The summed E-state index contributed by atoms with van der Waals surface area (Å²) in [6.07, 6.45) is 1.48. The molecule has 0 saturated carbocycles. The summed E-state index contributed by atoms with van der Waals surface area (Å²) in [7, 11) is 1.61. The number of halogens is 1. The molecule has 2 heterocycles. The highest BCUT2D eigenvalue weighted by Gasteiger charge is 2.25. The van der Waals surface area contributed by atoms with Gasteiger partial charge in [0.2, 0.25) is 0 Å². The predicted octanol–water partition coefficient (Wildman–Crippen LogP) is 3.43. The van der Waals surface area contributed by atoms with Crippen molar-refractivity contribution in [3.05, 3.63) is 65.6 Å². The van der Waals surface area contributed by atoms with Gasteiger partial charge in [0.05, 0.1) is 50.4 Å². The molecule has 1 aromatic heterocycles. The molecule has 1 amide bonds. The topological polar surface area (TPSA) is 88.7 Å². The third kappa shape index (κ3) is 5.37. The number of ether oxygens (including phenoxy) is 3. The number of aromatic nitrogens is 2. The number of methoxy groups -OCH3 is 1. The standard InChI is InChI=1S/C25H29FN4O4/c1-3-34-22-9-6-18(14-23(22)32-2)21(30-10-12-33-13-11-30)16-27-25(31)20-15-28-29-24(20)17-4-7-19(26)8-5-17/h4-9,14-15,21H,3,10-13,16H2,1-2H3,(H,27,31)(H,28,29). The van der Waals surface area contributed by atoms with E-state index in [9.17, 15) is 9.18 Å². The lowest BCUT2D eigenvalue weighted by atomic mass is 10.0. The van der Waals surface area contributed by atoms with Crippen molar-refractivity contribution in [1.29, 1.82) is 0 Å². The molecule has 180 valence electrons. The summed E-state index contributed by atoms with van der Waals surface area (Å²) < 4.78 is 30.0. The minimum atomic E-state index is -0.339. The van der Waals surface area contributed by atoms with Crippen LogP contribution in [0.3, 0.4) is 0 Å². The number of H-pyrrole nitrogens is 1. The average Bonchev–Trinajstić information content (AvgIpc) is 3.36. The van der Waals surface area contributed by atoms with Gasteiger partial charge in [-0.1, -0.05) is 6.07 Å². The highest BCUT2D eigenvalue weighted by atomic mass is 19.1. The molecule has 34 heavy (non-hydrogen) atoms. The number of rotatable bonds is 9. The van der Waals surface area contributed by atoms with Gasteiger partial charge in [0, 0.05) is 25.2 Å². The van der Waals surface area contributed by atoms with E-state index in [1.165, 1.54) is 18.3 Å². The van der Waals surface area contributed by atoms with Crippen LogP contribution in [-0.2, 0) is 4.74 Å². The summed E-state index contributed by atoms with van der Waals surface area (Å²) in [5.74, 6) is 0.732. The molecule has 1 saturated heterocycles. The zero-order chi connectivity index (χ0) is 23.9. The van der Waals surface area contributed by atoms with Crippen molar-refractivity contribution in [2.45, 2.75) is 13.0 Å². The van der Waals surface area contributed by atoms with Gasteiger partial charge in [0.15, 0.2) is 11.5 Å². The Morgan fingerprint density at radius 3 is 2.68 bits per heavy atom. The second-order valence-electron chi connectivity index (χ2n) is 7.88. The predicted molar refractivity (Wildman–Crippen MR) is 126 cm³/mol. The maximum Gasteiger partial charge on any atom is 0.255 e. The zero-order valence-electron chi connectivity index (χ0n) is 19.3. The van der Waals surface area contributed by atoms with E-state index >= 15 is 0 Å². The minimum Gasteiger partial charge on any atom is -0.493 e. The van der Waals surface area contributed by atoms with E-state index in [0.29, 0.717) is 54.7 Å². The van der Waals surface area contributed by atoms with Gasteiger partial charge < -0.3 is 19.5 Å². The molecule has 1 aliphatic rings. The van der Waals surface area contributed by atoms with E-state index in [1.807, 2.05) is 25.1 Å². The number of nitrogens with zero attached hydrogens (tertiary/aromatic N) is 2. The van der Waals surface area contributed by atoms with Crippen LogP contribution in [0.2, 0.25) is 0 Å². The van der Waals surface area contributed by atoms with E-state index in [2.05, 4.69) is 20.4 Å². The lowest BCUT2D eigenvalue weighted by Crippen LogP contribution is -2.43. The van der Waals surface area contributed by atoms with Crippen LogP contribution in [0.15, 0.2) is 48.7 Å². The fourth-order valence-electron chi connectivity index (χ4n) is 4.09. The van der Waals surface area contributed by atoms with Crippen molar-refractivity contribution in [2.75, 3.05) is 46.6 Å². The van der Waals surface area contributed by atoms with Crippen molar-refractivity contribution < 1.29 is 23.4 Å². The van der Waals surface area contributed by atoms with Gasteiger partial charge in [-0.15, -0.1) is 0 Å². The van der Waals surface area contributed by atoms with E-state index in [0.717, 1.165) is 18.7 Å². The lowest BCUT2D eigenvalue weighted by molar-refractivity contribution is 0.0162. The maximum atomic E-state index is 13.3. The van der Waals surface area contributed by atoms with Gasteiger partial charge in [-0.25, -0.2) is 4.39 Å². The molecule has 0 radical (unpaired) electrons. The van der Waals surface area contributed by atoms with Crippen LogP contribution in [0.4, 0.5) is 4.39 Å². The average molecular weight is 469 g/mol. The fourth-order valence-corrected chi connectivity index (χ4v) is 4.09. The fraction of sp³-hybridized carbons (Fsp3) is 0.360. The van der Waals surface area contributed by atoms with Crippen LogP contribution in [0, 0.1) is 5.82 Å². The Balaban J connectivity index is 1.55. The summed E-state index contributed by atoms with van der Waals surface area (Å²) in [5.41, 5.74) is 2.64. The van der Waals surface area contributed by atoms with E-state index in [1.54, 1.807) is 19.2 Å². The molecule has 8 nitrogen and oxygen atoms in total. The van der Waals surface area contributed by atoms with Gasteiger partial charge in [0.25, 0.3) is 5.91 Å². The number of hydrogen-bond acceptors (Lipinski definition) is 6. The number of nitrogens with one attached hydrogen (secondary N) is 2.